The molecule has 7 nitrogen and oxygen atoms in total. The molecular formula is C26H30FN3O4S. The van der Waals surface area contributed by atoms with Crippen LogP contribution in [0.2, 0.25) is 0 Å². The second-order valence-corrected chi connectivity index (χ2v) is 10.4. The lowest BCUT2D eigenvalue weighted by molar-refractivity contribution is 0.0951. The van der Waals surface area contributed by atoms with Gasteiger partial charge in [-0.3, -0.25) is 4.79 Å². The van der Waals surface area contributed by atoms with E-state index < -0.39 is 10.0 Å². The van der Waals surface area contributed by atoms with Gasteiger partial charge in [0.15, 0.2) is 0 Å². The molecule has 3 aromatic carbocycles. The van der Waals surface area contributed by atoms with E-state index >= 15 is 0 Å². The van der Waals surface area contributed by atoms with E-state index in [4.69, 9.17) is 4.74 Å². The van der Waals surface area contributed by atoms with Crippen LogP contribution in [0.15, 0.2) is 60.7 Å². The molecule has 1 aliphatic heterocycles. The van der Waals surface area contributed by atoms with Crippen molar-refractivity contribution in [3.63, 3.8) is 0 Å². The average Bonchev–Trinajstić information content (AvgIpc) is 2.87. The van der Waals surface area contributed by atoms with Crippen LogP contribution in [0.1, 0.15) is 23.7 Å². The molecule has 0 unspecified atom stereocenters. The predicted molar refractivity (Wildman–Crippen MR) is 136 cm³/mol. The molecular weight excluding hydrogens is 469 g/mol. The Morgan fingerprint density at radius 3 is 2.46 bits per heavy atom. The summed E-state index contributed by atoms with van der Waals surface area (Å²) >= 11 is 0. The number of para-hydroxylation sites is 1. The van der Waals surface area contributed by atoms with Crippen LogP contribution in [0.25, 0.3) is 10.8 Å². The number of nitrogens with one attached hydrogen (secondary N) is 1. The van der Waals surface area contributed by atoms with E-state index in [9.17, 15) is 17.6 Å². The highest BCUT2D eigenvalue weighted by atomic mass is 32.2. The SMILES string of the molecule is CCOc1ccc2ccccc2c1C(=O)NCCCS(=O)(=O)N1CCN(c2ccccc2F)CC1. The number of carbonyl (C=O) groups is 1. The first-order valence-electron chi connectivity index (χ1n) is 11.8. The van der Waals surface area contributed by atoms with Crippen molar-refractivity contribution in [1.82, 2.24) is 9.62 Å². The quantitative estimate of drug-likeness (QED) is 0.455. The zero-order chi connectivity index (χ0) is 24.8. The number of halogens is 1. The van der Waals surface area contributed by atoms with Crippen molar-refractivity contribution < 1.29 is 22.3 Å². The van der Waals surface area contributed by atoms with E-state index in [0.717, 1.165) is 10.8 Å². The van der Waals surface area contributed by atoms with Gasteiger partial charge in [-0.15, -0.1) is 0 Å². The Labute approximate surface area is 205 Å². The number of fused-ring (bicyclic) bond motifs is 1. The molecule has 1 fully saturated rings. The summed E-state index contributed by atoms with van der Waals surface area (Å²) in [5.74, 6) is -0.163. The van der Waals surface area contributed by atoms with Crippen LogP contribution in [-0.4, -0.2) is 63.7 Å². The maximum atomic E-state index is 14.0. The van der Waals surface area contributed by atoms with Gasteiger partial charge in [-0.1, -0.05) is 42.5 Å². The molecule has 1 saturated heterocycles. The number of benzene rings is 3. The summed E-state index contributed by atoms with van der Waals surface area (Å²) in [5, 5.41) is 4.57. The van der Waals surface area contributed by atoms with Crippen LogP contribution >= 0.6 is 0 Å². The van der Waals surface area contributed by atoms with E-state index in [2.05, 4.69) is 5.32 Å². The number of sulfonamides is 1. The minimum absolute atomic E-state index is 0.0686. The number of nitrogens with zero attached hydrogens (tertiary/aromatic N) is 2. The van der Waals surface area contributed by atoms with Crippen molar-refractivity contribution in [2.24, 2.45) is 0 Å². The van der Waals surface area contributed by atoms with Gasteiger partial charge in [0.1, 0.15) is 11.6 Å². The maximum Gasteiger partial charge on any atom is 0.255 e. The second kappa shape index (κ2) is 11.0. The van der Waals surface area contributed by atoms with Gasteiger partial charge in [0.05, 0.1) is 23.6 Å². The Kier molecular flexibility index (Phi) is 7.87. The molecule has 0 bridgehead atoms. The van der Waals surface area contributed by atoms with Crippen LogP contribution in [0.5, 0.6) is 5.75 Å². The largest absolute Gasteiger partial charge is 0.493 e. The van der Waals surface area contributed by atoms with Crippen LogP contribution < -0.4 is 15.0 Å². The Bertz CT molecular complexity index is 1290. The lowest BCUT2D eigenvalue weighted by Gasteiger charge is -2.35. The first-order valence-corrected chi connectivity index (χ1v) is 13.4. The topological polar surface area (TPSA) is 78.9 Å². The van der Waals surface area contributed by atoms with Crippen LogP contribution in [0, 0.1) is 5.82 Å². The molecule has 1 N–H and O–H groups in total. The average molecular weight is 500 g/mol. The number of hydrogen-bond donors (Lipinski definition) is 1. The molecule has 0 aromatic heterocycles. The summed E-state index contributed by atoms with van der Waals surface area (Å²) in [6.07, 6.45) is 0.288. The summed E-state index contributed by atoms with van der Waals surface area (Å²) in [6, 6.07) is 17.8. The highest BCUT2D eigenvalue weighted by Gasteiger charge is 2.27. The van der Waals surface area contributed by atoms with E-state index in [0.29, 0.717) is 49.8 Å². The molecule has 0 saturated carbocycles. The van der Waals surface area contributed by atoms with E-state index in [1.54, 1.807) is 24.3 Å². The number of rotatable bonds is 9. The number of anilines is 1. The van der Waals surface area contributed by atoms with Crippen molar-refractivity contribution in [3.8, 4) is 5.75 Å². The summed E-state index contributed by atoms with van der Waals surface area (Å²) in [6.45, 7) is 3.98. The predicted octanol–water partition coefficient (Wildman–Crippen LogP) is 3.65. The molecule has 0 atom stereocenters. The maximum absolute atomic E-state index is 14.0. The van der Waals surface area contributed by atoms with Gasteiger partial charge in [0.25, 0.3) is 5.91 Å². The lowest BCUT2D eigenvalue weighted by atomic mass is 10.0. The van der Waals surface area contributed by atoms with E-state index in [1.807, 2.05) is 42.2 Å². The minimum atomic E-state index is -3.48. The monoisotopic (exact) mass is 499 g/mol. The second-order valence-electron chi connectivity index (χ2n) is 8.36. The zero-order valence-corrected chi connectivity index (χ0v) is 20.6. The molecule has 35 heavy (non-hydrogen) atoms. The van der Waals surface area contributed by atoms with E-state index in [-0.39, 0.29) is 30.4 Å². The number of piperazine rings is 1. The molecule has 3 aromatic rings. The summed E-state index contributed by atoms with van der Waals surface area (Å²) < 4.78 is 46.8. The fraction of sp³-hybridized carbons (Fsp3) is 0.346. The van der Waals surface area contributed by atoms with Crippen molar-refractivity contribution in [3.05, 3.63) is 72.0 Å². The van der Waals surface area contributed by atoms with Crippen molar-refractivity contribution in [2.45, 2.75) is 13.3 Å². The van der Waals surface area contributed by atoms with Crippen molar-refractivity contribution >= 4 is 32.4 Å². The number of ether oxygens (including phenoxy) is 1. The lowest BCUT2D eigenvalue weighted by Crippen LogP contribution is -2.49. The third kappa shape index (κ3) is 5.74. The van der Waals surface area contributed by atoms with Crippen LogP contribution in [0.3, 0.4) is 0 Å². The summed E-state index contributed by atoms with van der Waals surface area (Å²) in [7, 11) is -3.48. The van der Waals surface area contributed by atoms with Crippen molar-refractivity contribution in [2.75, 3.05) is 50.0 Å². The molecule has 1 aliphatic rings. The van der Waals surface area contributed by atoms with Gasteiger partial charge >= 0.3 is 0 Å². The molecule has 0 aliphatic carbocycles. The van der Waals surface area contributed by atoms with Gasteiger partial charge < -0.3 is 15.0 Å². The normalized spacial score (nSPS) is 14.7. The molecule has 4 rings (SSSR count). The van der Waals surface area contributed by atoms with Gasteiger partial charge in [-0.2, -0.15) is 4.31 Å². The van der Waals surface area contributed by atoms with Gasteiger partial charge in [-0.25, -0.2) is 12.8 Å². The zero-order valence-electron chi connectivity index (χ0n) is 19.7. The third-order valence-corrected chi connectivity index (χ3v) is 8.06. The number of carbonyl (C=O) groups excluding carboxylic acids is 1. The van der Waals surface area contributed by atoms with E-state index in [1.165, 1.54) is 10.4 Å². The smallest absolute Gasteiger partial charge is 0.255 e. The van der Waals surface area contributed by atoms with Crippen molar-refractivity contribution in [1.29, 1.82) is 0 Å². The summed E-state index contributed by atoms with van der Waals surface area (Å²) in [4.78, 5) is 14.9. The van der Waals surface area contributed by atoms with Crippen LogP contribution in [0.4, 0.5) is 10.1 Å². The Hall–Kier alpha value is -3.17. The van der Waals surface area contributed by atoms with Crippen LogP contribution in [-0.2, 0) is 10.0 Å². The molecule has 1 amide bonds. The standard InChI is InChI=1S/C26H30FN3O4S/c1-2-34-24-13-12-20-8-3-4-9-21(20)25(24)26(31)28-14-7-19-35(32,33)30-17-15-29(16-18-30)23-11-6-5-10-22(23)27/h3-6,8-13H,2,7,14-19H2,1H3,(H,28,31). The third-order valence-electron chi connectivity index (χ3n) is 6.11. The highest BCUT2D eigenvalue weighted by Crippen LogP contribution is 2.28. The minimum Gasteiger partial charge on any atom is -0.493 e. The fourth-order valence-electron chi connectivity index (χ4n) is 4.35. The summed E-state index contributed by atoms with van der Waals surface area (Å²) in [5.41, 5.74) is 0.948. The first-order chi connectivity index (χ1) is 16.9. The Morgan fingerprint density at radius 1 is 1.00 bits per heavy atom. The molecule has 0 spiro atoms. The highest BCUT2D eigenvalue weighted by molar-refractivity contribution is 7.89. The Morgan fingerprint density at radius 2 is 1.71 bits per heavy atom. The molecule has 0 radical (unpaired) electrons. The number of hydrogen-bond acceptors (Lipinski definition) is 5. The Balaban J connectivity index is 1.32. The molecule has 186 valence electrons. The first kappa shape index (κ1) is 24.9. The van der Waals surface area contributed by atoms with Gasteiger partial charge in [0, 0.05) is 32.7 Å². The number of amides is 1. The molecule has 1 heterocycles. The fourth-order valence-corrected chi connectivity index (χ4v) is 5.84. The van der Waals surface area contributed by atoms with Gasteiger partial charge in [0.2, 0.25) is 10.0 Å². The molecule has 9 heteroatoms. The van der Waals surface area contributed by atoms with Gasteiger partial charge in [-0.05, 0) is 42.3 Å².